The number of benzene rings is 1. The summed E-state index contributed by atoms with van der Waals surface area (Å²) in [6.07, 6.45) is 6.42. The van der Waals surface area contributed by atoms with Crippen LogP contribution in [0.25, 0.3) is 27.7 Å². The van der Waals surface area contributed by atoms with E-state index in [1.165, 1.54) is 12.1 Å². The predicted molar refractivity (Wildman–Crippen MR) is 134 cm³/mol. The molecule has 1 atom stereocenters. The fourth-order valence-electron chi connectivity index (χ4n) is 4.03. The maximum atomic E-state index is 13.8. The van der Waals surface area contributed by atoms with E-state index in [2.05, 4.69) is 20.7 Å². The summed E-state index contributed by atoms with van der Waals surface area (Å²) in [5.41, 5.74) is 4.10. The van der Waals surface area contributed by atoms with Crippen LogP contribution in [-0.2, 0) is 4.74 Å². The van der Waals surface area contributed by atoms with Crippen molar-refractivity contribution >= 4 is 22.3 Å². The first-order chi connectivity index (χ1) is 17.0. The monoisotopic (exact) mass is 478 g/mol. The number of ketones is 1. The van der Waals surface area contributed by atoms with Crippen molar-refractivity contribution in [3.05, 3.63) is 59.9 Å². The van der Waals surface area contributed by atoms with Gasteiger partial charge in [-0.05, 0) is 58.1 Å². The van der Waals surface area contributed by atoms with Gasteiger partial charge < -0.3 is 15.4 Å². The Hall–Kier alpha value is -3.27. The van der Waals surface area contributed by atoms with Gasteiger partial charge in [0.1, 0.15) is 5.82 Å². The van der Waals surface area contributed by atoms with Crippen LogP contribution in [0.2, 0.25) is 0 Å². The van der Waals surface area contributed by atoms with Crippen molar-refractivity contribution in [3.8, 4) is 11.1 Å². The molecule has 3 aromatic heterocycles. The Morgan fingerprint density at radius 2 is 2.09 bits per heavy atom. The van der Waals surface area contributed by atoms with E-state index in [1.807, 2.05) is 27.0 Å². The molecule has 0 fully saturated rings. The van der Waals surface area contributed by atoms with Crippen LogP contribution in [0.4, 0.5) is 4.39 Å². The fraction of sp³-hybridized carbons (Fsp3) is 0.385. The highest BCUT2D eigenvalue weighted by Crippen LogP contribution is 2.28. The Labute approximate surface area is 203 Å². The largest absolute Gasteiger partial charge is 0.382 e. The van der Waals surface area contributed by atoms with Gasteiger partial charge in [-0.3, -0.25) is 9.78 Å². The van der Waals surface area contributed by atoms with Crippen LogP contribution in [-0.4, -0.2) is 58.7 Å². The number of aromatic nitrogens is 4. The number of rotatable bonds is 12. The highest BCUT2D eigenvalue weighted by molar-refractivity contribution is 5.97. The highest BCUT2D eigenvalue weighted by Gasteiger charge is 2.21. The Kier molecular flexibility index (Phi) is 8.12. The van der Waals surface area contributed by atoms with Crippen molar-refractivity contribution in [1.29, 1.82) is 0 Å². The van der Waals surface area contributed by atoms with Crippen LogP contribution >= 0.6 is 0 Å². The van der Waals surface area contributed by atoms with Gasteiger partial charge in [-0.15, -0.1) is 0 Å². The molecule has 4 aromatic rings. The molecular weight excluding hydrogens is 447 g/mol. The van der Waals surface area contributed by atoms with Gasteiger partial charge in [0.2, 0.25) is 0 Å². The number of fused-ring (bicyclic) bond motifs is 2. The van der Waals surface area contributed by atoms with Gasteiger partial charge >= 0.3 is 0 Å². The third kappa shape index (κ3) is 5.70. The molecule has 0 spiro atoms. The number of pyridine rings is 1. The topological polar surface area (TPSA) is 93.4 Å². The van der Waals surface area contributed by atoms with Crippen LogP contribution < -0.4 is 10.6 Å². The number of carbonyl (C=O) groups is 1. The molecule has 1 aromatic carbocycles. The molecule has 2 N–H and O–H groups in total. The van der Waals surface area contributed by atoms with Crippen LogP contribution in [0, 0.1) is 5.82 Å². The summed E-state index contributed by atoms with van der Waals surface area (Å²) in [7, 11) is 1.82. The molecule has 0 aliphatic rings. The maximum Gasteiger partial charge on any atom is 0.167 e. The molecular formula is C26H31FN6O2. The third-order valence-electron chi connectivity index (χ3n) is 5.91. The van der Waals surface area contributed by atoms with E-state index in [9.17, 15) is 9.18 Å². The van der Waals surface area contributed by atoms with Crippen molar-refractivity contribution < 1.29 is 13.9 Å². The molecule has 3 heterocycles. The predicted octanol–water partition coefficient (Wildman–Crippen LogP) is 3.95. The number of hydrogen-bond acceptors (Lipinski definition) is 7. The minimum atomic E-state index is -0.314. The Morgan fingerprint density at radius 1 is 1.23 bits per heavy atom. The van der Waals surface area contributed by atoms with Crippen molar-refractivity contribution in [2.24, 2.45) is 0 Å². The lowest BCUT2D eigenvalue weighted by atomic mass is 10.0. The Morgan fingerprint density at radius 3 is 2.89 bits per heavy atom. The second kappa shape index (κ2) is 11.4. The van der Waals surface area contributed by atoms with Crippen molar-refractivity contribution in [2.75, 3.05) is 33.4 Å². The molecule has 0 aliphatic carbocycles. The zero-order valence-electron chi connectivity index (χ0n) is 20.3. The first-order valence-electron chi connectivity index (χ1n) is 11.9. The van der Waals surface area contributed by atoms with E-state index in [0.717, 1.165) is 24.1 Å². The zero-order chi connectivity index (χ0) is 24.8. The van der Waals surface area contributed by atoms with Crippen LogP contribution in [0.3, 0.4) is 0 Å². The van der Waals surface area contributed by atoms with Crippen molar-refractivity contribution in [2.45, 2.75) is 32.7 Å². The molecule has 0 saturated heterocycles. The summed E-state index contributed by atoms with van der Waals surface area (Å²) in [5.74, 6) is -0.308. The van der Waals surface area contributed by atoms with E-state index in [1.54, 1.807) is 29.2 Å². The molecule has 4 rings (SSSR count). The quantitative estimate of drug-likeness (QED) is 0.235. The fourth-order valence-corrected chi connectivity index (χ4v) is 4.03. The Balaban J connectivity index is 1.72. The smallest absolute Gasteiger partial charge is 0.167 e. The average Bonchev–Trinajstić information content (AvgIpc) is 3.28. The number of carbonyl (C=O) groups excluding carboxylic acids is 1. The molecule has 8 nitrogen and oxygen atoms in total. The Bertz CT molecular complexity index is 1320. The number of nitrogens with one attached hydrogen (secondary N) is 2. The van der Waals surface area contributed by atoms with Crippen LogP contribution in [0.1, 0.15) is 48.8 Å². The highest BCUT2D eigenvalue weighted by atomic mass is 19.1. The van der Waals surface area contributed by atoms with Gasteiger partial charge in [-0.2, -0.15) is 5.10 Å². The summed E-state index contributed by atoms with van der Waals surface area (Å²) in [6, 6.07) is 6.24. The van der Waals surface area contributed by atoms with E-state index >= 15 is 0 Å². The standard InChI is InChI=1S/C26H31FN6O2/c1-4-35-11-5-9-29-17(2)25-22(24(34)8-10-28-3)16-33-26(32-25)21(15-31-33)19-12-18-13-20(27)6-7-23(18)30-14-19/h6-7,12-17,28-29H,4-5,8-11H2,1-3H3. The first-order valence-corrected chi connectivity index (χ1v) is 11.9. The molecule has 9 heteroatoms. The maximum absolute atomic E-state index is 13.8. The van der Waals surface area contributed by atoms with Gasteiger partial charge in [0, 0.05) is 61.1 Å². The number of nitrogens with zero attached hydrogens (tertiary/aromatic N) is 4. The van der Waals surface area contributed by atoms with Crippen molar-refractivity contribution in [1.82, 2.24) is 30.2 Å². The lowest BCUT2D eigenvalue weighted by Gasteiger charge is -2.17. The molecule has 0 saturated carbocycles. The minimum Gasteiger partial charge on any atom is -0.382 e. The van der Waals surface area contributed by atoms with Gasteiger partial charge in [-0.1, -0.05) is 0 Å². The summed E-state index contributed by atoms with van der Waals surface area (Å²) in [6.45, 7) is 6.67. The van der Waals surface area contributed by atoms with Crippen molar-refractivity contribution in [3.63, 3.8) is 0 Å². The van der Waals surface area contributed by atoms with Gasteiger partial charge in [0.25, 0.3) is 0 Å². The molecule has 35 heavy (non-hydrogen) atoms. The lowest BCUT2D eigenvalue weighted by Crippen LogP contribution is -2.25. The SMILES string of the molecule is CCOCCCNC(C)c1nc2c(-c3cnc4ccc(F)cc4c3)cnn2cc1C(=O)CCNC. The third-order valence-corrected chi connectivity index (χ3v) is 5.91. The molecule has 0 amide bonds. The number of Topliss-reactive ketones (excluding diaryl/α,β-unsaturated/α-hetero) is 1. The molecule has 0 radical (unpaired) electrons. The zero-order valence-corrected chi connectivity index (χ0v) is 20.3. The van der Waals surface area contributed by atoms with Gasteiger partial charge in [-0.25, -0.2) is 13.9 Å². The second-order valence-electron chi connectivity index (χ2n) is 8.43. The number of hydrogen-bond donors (Lipinski definition) is 2. The van der Waals surface area contributed by atoms with Gasteiger partial charge in [0.05, 0.1) is 23.0 Å². The summed E-state index contributed by atoms with van der Waals surface area (Å²) >= 11 is 0. The minimum absolute atomic E-state index is 0.00612. The molecule has 184 valence electrons. The van der Waals surface area contributed by atoms with Crippen LogP contribution in [0.15, 0.2) is 42.9 Å². The molecule has 1 unspecified atom stereocenters. The van der Waals surface area contributed by atoms with E-state index in [4.69, 9.17) is 9.72 Å². The molecule has 0 aliphatic heterocycles. The average molecular weight is 479 g/mol. The second-order valence-corrected chi connectivity index (χ2v) is 8.43. The van der Waals surface area contributed by atoms with E-state index in [0.29, 0.717) is 54.0 Å². The van der Waals surface area contributed by atoms with E-state index < -0.39 is 0 Å². The normalized spacial score (nSPS) is 12.5. The first kappa shape index (κ1) is 24.8. The van der Waals surface area contributed by atoms with Crippen LogP contribution in [0.5, 0.6) is 0 Å². The lowest BCUT2D eigenvalue weighted by molar-refractivity contribution is 0.0980. The summed E-state index contributed by atoms with van der Waals surface area (Å²) in [4.78, 5) is 22.4. The molecule has 0 bridgehead atoms. The van der Waals surface area contributed by atoms with E-state index in [-0.39, 0.29) is 17.6 Å². The number of ether oxygens (including phenoxy) is 1. The summed E-state index contributed by atoms with van der Waals surface area (Å²) in [5, 5.41) is 11.6. The van der Waals surface area contributed by atoms with Gasteiger partial charge in [0.15, 0.2) is 11.4 Å². The number of halogens is 1. The summed E-state index contributed by atoms with van der Waals surface area (Å²) < 4.78 is 20.8.